The predicted octanol–water partition coefficient (Wildman–Crippen LogP) is 3.96. The summed E-state index contributed by atoms with van der Waals surface area (Å²) in [6, 6.07) is 13.6. The predicted molar refractivity (Wildman–Crippen MR) is 108 cm³/mol. The van der Waals surface area contributed by atoms with Crippen molar-refractivity contribution in [2.24, 2.45) is 0 Å². The van der Waals surface area contributed by atoms with Crippen LogP contribution < -0.4 is 0 Å². The van der Waals surface area contributed by atoms with Gasteiger partial charge in [-0.2, -0.15) is 5.10 Å². The van der Waals surface area contributed by atoms with Crippen molar-refractivity contribution in [3.05, 3.63) is 60.3 Å². The zero-order chi connectivity index (χ0) is 20.5. The number of aliphatic carboxylic acids is 1. The lowest BCUT2D eigenvalue weighted by atomic mass is 10.0. The molecule has 1 heterocycles. The normalized spacial score (nSPS) is 12.7. The van der Waals surface area contributed by atoms with Crippen LogP contribution in [-0.2, 0) is 14.6 Å². The molecule has 0 aliphatic heterocycles. The van der Waals surface area contributed by atoms with Crippen molar-refractivity contribution in [2.45, 2.75) is 31.2 Å². The Labute approximate surface area is 164 Å². The van der Waals surface area contributed by atoms with Gasteiger partial charge in [-0.05, 0) is 31.0 Å². The van der Waals surface area contributed by atoms with E-state index in [1.807, 2.05) is 31.2 Å². The zero-order valence-electron chi connectivity index (χ0n) is 16.0. The van der Waals surface area contributed by atoms with E-state index in [0.29, 0.717) is 12.1 Å². The van der Waals surface area contributed by atoms with Gasteiger partial charge in [-0.15, -0.1) is 0 Å². The van der Waals surface area contributed by atoms with Crippen LogP contribution in [0.4, 0.5) is 0 Å². The number of rotatable bonds is 6. The maximum Gasteiger partial charge on any atom is 0.328 e. The Morgan fingerprint density at radius 1 is 1.07 bits per heavy atom. The highest BCUT2D eigenvalue weighted by atomic mass is 32.2. The molecule has 0 bridgehead atoms. The largest absolute Gasteiger partial charge is 0.480 e. The van der Waals surface area contributed by atoms with Gasteiger partial charge < -0.3 is 5.11 Å². The van der Waals surface area contributed by atoms with E-state index in [0.717, 1.165) is 28.5 Å². The van der Waals surface area contributed by atoms with Crippen LogP contribution in [0.2, 0.25) is 0 Å². The molecule has 0 aliphatic rings. The Morgan fingerprint density at radius 3 is 2.14 bits per heavy atom. The fraction of sp³-hybridized carbons (Fsp3) is 0.238. The molecule has 0 aliphatic carbocycles. The second kappa shape index (κ2) is 7.59. The van der Waals surface area contributed by atoms with Crippen LogP contribution in [0, 0.1) is 6.92 Å². The fourth-order valence-electron chi connectivity index (χ4n) is 3.04. The van der Waals surface area contributed by atoms with Gasteiger partial charge in [0.15, 0.2) is 9.84 Å². The lowest BCUT2D eigenvalue weighted by Gasteiger charge is -2.09. The molecular weight excluding hydrogens is 376 g/mol. The van der Waals surface area contributed by atoms with Crippen molar-refractivity contribution in [3.8, 4) is 22.4 Å². The van der Waals surface area contributed by atoms with E-state index in [4.69, 9.17) is 0 Å². The zero-order valence-corrected chi connectivity index (χ0v) is 16.8. The lowest BCUT2D eigenvalue weighted by molar-refractivity contribution is -0.141. The first-order valence-corrected chi connectivity index (χ1v) is 10.8. The molecule has 1 N–H and O–H groups in total. The number of carboxylic acid groups (broad SMARTS) is 1. The van der Waals surface area contributed by atoms with Gasteiger partial charge in [-0.25, -0.2) is 13.2 Å². The molecule has 7 heteroatoms. The van der Waals surface area contributed by atoms with Crippen molar-refractivity contribution < 1.29 is 18.3 Å². The van der Waals surface area contributed by atoms with E-state index in [-0.39, 0.29) is 4.90 Å². The molecular formula is C21H22N2O4S. The van der Waals surface area contributed by atoms with Crippen molar-refractivity contribution in [1.29, 1.82) is 0 Å². The minimum absolute atomic E-state index is 0.226. The summed E-state index contributed by atoms with van der Waals surface area (Å²) in [5.41, 5.74) is 4.17. The van der Waals surface area contributed by atoms with Gasteiger partial charge in [0.05, 0.1) is 4.90 Å². The summed E-state index contributed by atoms with van der Waals surface area (Å²) in [5, 5.41) is 14.1. The fourth-order valence-corrected chi connectivity index (χ4v) is 3.67. The number of aromatic nitrogens is 2. The second-order valence-corrected chi connectivity index (χ2v) is 8.81. The van der Waals surface area contributed by atoms with E-state index in [2.05, 4.69) is 5.10 Å². The molecule has 0 radical (unpaired) electrons. The molecule has 0 amide bonds. The summed E-state index contributed by atoms with van der Waals surface area (Å²) in [7, 11) is -3.30. The van der Waals surface area contributed by atoms with Crippen LogP contribution >= 0.6 is 0 Å². The first kappa shape index (κ1) is 19.8. The van der Waals surface area contributed by atoms with Gasteiger partial charge in [0.1, 0.15) is 11.7 Å². The first-order valence-electron chi connectivity index (χ1n) is 8.90. The van der Waals surface area contributed by atoms with Crippen molar-refractivity contribution >= 4 is 15.8 Å². The third-order valence-electron chi connectivity index (χ3n) is 4.64. The Balaban J connectivity index is 2.16. The number of sulfone groups is 1. The number of hydrogen-bond acceptors (Lipinski definition) is 4. The van der Waals surface area contributed by atoms with Crippen LogP contribution in [0.15, 0.2) is 59.6 Å². The number of benzene rings is 2. The van der Waals surface area contributed by atoms with E-state index >= 15 is 0 Å². The summed E-state index contributed by atoms with van der Waals surface area (Å²) in [4.78, 5) is 11.8. The molecule has 0 spiro atoms. The van der Waals surface area contributed by atoms with Gasteiger partial charge in [0.25, 0.3) is 0 Å². The van der Waals surface area contributed by atoms with Gasteiger partial charge in [-0.3, -0.25) is 4.68 Å². The topological polar surface area (TPSA) is 89.3 Å². The van der Waals surface area contributed by atoms with Crippen LogP contribution in [0.3, 0.4) is 0 Å². The van der Waals surface area contributed by atoms with Crippen LogP contribution in [0.25, 0.3) is 22.4 Å². The summed E-state index contributed by atoms with van der Waals surface area (Å²) in [5.74, 6) is -0.945. The SMILES string of the molecule is CCC(C(=O)O)n1cc(-c2ccc(C)cc2)c(-c2ccc(S(C)(=O)=O)cc2)n1. The molecule has 2 aromatic carbocycles. The summed E-state index contributed by atoms with van der Waals surface area (Å²) < 4.78 is 24.9. The van der Waals surface area contributed by atoms with Crippen molar-refractivity contribution in [1.82, 2.24) is 9.78 Å². The molecule has 1 aromatic heterocycles. The third kappa shape index (κ3) is 3.99. The van der Waals surface area contributed by atoms with Crippen LogP contribution in [0.5, 0.6) is 0 Å². The molecule has 0 saturated heterocycles. The molecule has 0 fully saturated rings. The highest BCUT2D eigenvalue weighted by molar-refractivity contribution is 7.90. The highest BCUT2D eigenvalue weighted by Crippen LogP contribution is 2.33. The first-order chi connectivity index (χ1) is 13.2. The Morgan fingerprint density at radius 2 is 1.64 bits per heavy atom. The van der Waals surface area contributed by atoms with Gasteiger partial charge in [0, 0.05) is 23.6 Å². The smallest absolute Gasteiger partial charge is 0.328 e. The Kier molecular flexibility index (Phi) is 5.38. The molecule has 3 aromatic rings. The molecule has 6 nitrogen and oxygen atoms in total. The molecule has 3 rings (SSSR count). The number of carbonyl (C=O) groups is 1. The maximum atomic E-state index is 11.7. The second-order valence-electron chi connectivity index (χ2n) is 6.80. The summed E-state index contributed by atoms with van der Waals surface area (Å²) in [6.45, 7) is 3.79. The average Bonchev–Trinajstić information content (AvgIpc) is 3.07. The number of hydrogen-bond donors (Lipinski definition) is 1. The van der Waals surface area contributed by atoms with E-state index in [1.54, 1.807) is 25.3 Å². The highest BCUT2D eigenvalue weighted by Gasteiger charge is 2.22. The third-order valence-corrected chi connectivity index (χ3v) is 5.77. The molecule has 0 saturated carbocycles. The summed E-state index contributed by atoms with van der Waals surface area (Å²) in [6.07, 6.45) is 3.30. The number of aryl methyl sites for hydroxylation is 1. The van der Waals surface area contributed by atoms with E-state index in [9.17, 15) is 18.3 Å². The minimum Gasteiger partial charge on any atom is -0.480 e. The molecule has 28 heavy (non-hydrogen) atoms. The van der Waals surface area contributed by atoms with Gasteiger partial charge in [-0.1, -0.05) is 48.9 Å². The average molecular weight is 398 g/mol. The van der Waals surface area contributed by atoms with Crippen LogP contribution in [0.1, 0.15) is 24.9 Å². The summed E-state index contributed by atoms with van der Waals surface area (Å²) >= 11 is 0. The van der Waals surface area contributed by atoms with Crippen molar-refractivity contribution in [3.63, 3.8) is 0 Å². The monoisotopic (exact) mass is 398 g/mol. The van der Waals surface area contributed by atoms with Crippen LogP contribution in [-0.4, -0.2) is 35.5 Å². The molecule has 1 unspecified atom stereocenters. The standard InChI is InChI=1S/C21H22N2O4S/c1-4-19(21(24)25)23-13-18(15-7-5-14(2)6-8-15)20(22-23)16-9-11-17(12-10-16)28(3,26)27/h5-13,19H,4H2,1-3H3,(H,24,25). The molecule has 146 valence electrons. The Bertz CT molecular complexity index is 1100. The Hall–Kier alpha value is -2.93. The molecule has 1 atom stereocenters. The van der Waals surface area contributed by atoms with Gasteiger partial charge >= 0.3 is 5.97 Å². The number of carboxylic acids is 1. The van der Waals surface area contributed by atoms with E-state index < -0.39 is 21.8 Å². The minimum atomic E-state index is -3.30. The number of nitrogens with zero attached hydrogens (tertiary/aromatic N) is 2. The van der Waals surface area contributed by atoms with E-state index in [1.165, 1.54) is 16.8 Å². The maximum absolute atomic E-state index is 11.7. The quantitative estimate of drug-likeness (QED) is 0.679. The van der Waals surface area contributed by atoms with Gasteiger partial charge in [0.2, 0.25) is 0 Å². The lowest BCUT2D eigenvalue weighted by Crippen LogP contribution is -2.18. The van der Waals surface area contributed by atoms with Crippen molar-refractivity contribution in [2.75, 3.05) is 6.26 Å².